The van der Waals surface area contributed by atoms with Crippen molar-refractivity contribution in [3.63, 3.8) is 0 Å². The number of carboxylic acid groups (broad SMARTS) is 2. The molecule has 0 saturated carbocycles. The topological polar surface area (TPSA) is 115 Å². The summed E-state index contributed by atoms with van der Waals surface area (Å²) in [4.78, 5) is 54.7. The van der Waals surface area contributed by atoms with Gasteiger partial charge in [-0.3, -0.25) is 19.2 Å². The number of carboxylic acids is 2. The van der Waals surface area contributed by atoms with Gasteiger partial charge in [-0.1, -0.05) is 20.1 Å². The van der Waals surface area contributed by atoms with Crippen LogP contribution in [0.2, 0.25) is 0 Å². The van der Waals surface area contributed by atoms with Gasteiger partial charge in [-0.25, -0.2) is 0 Å². The molecular weight excluding hydrogens is 496 g/mol. The Bertz CT molecular complexity index is 914. The van der Waals surface area contributed by atoms with Crippen LogP contribution in [0.1, 0.15) is 101 Å². The highest BCUT2D eigenvalue weighted by atomic mass is 16.4. The maximum Gasteiger partial charge on any atom is 0.321 e. The molecule has 0 bridgehead atoms. The van der Waals surface area contributed by atoms with E-state index in [1.807, 2.05) is 65.2 Å². The van der Waals surface area contributed by atoms with Crippen LogP contribution >= 0.6 is 0 Å². The number of amides is 2. The minimum atomic E-state index is -1.92. The summed E-state index contributed by atoms with van der Waals surface area (Å²) in [6, 6.07) is 0. The van der Waals surface area contributed by atoms with Crippen molar-refractivity contribution in [2.45, 2.75) is 123 Å². The number of carbonyl (C=O) groups excluding carboxylic acids is 2. The number of aliphatic carboxylic acids is 2. The zero-order valence-electron chi connectivity index (χ0n) is 25.5. The van der Waals surface area contributed by atoms with E-state index in [-0.39, 0.29) is 42.4 Å². The van der Waals surface area contributed by atoms with Crippen LogP contribution in [0.5, 0.6) is 0 Å². The lowest BCUT2D eigenvalue weighted by Crippen LogP contribution is -2.65. The number of likely N-dealkylation sites (tertiary alicyclic amines) is 2. The number of carbonyl (C=O) groups is 4. The first kappa shape index (κ1) is 32.6. The molecular formula is C31H50N2O6. The van der Waals surface area contributed by atoms with Crippen LogP contribution in [0.4, 0.5) is 0 Å². The van der Waals surface area contributed by atoms with Crippen molar-refractivity contribution in [3.8, 4) is 0 Å². The molecule has 2 aliphatic rings. The van der Waals surface area contributed by atoms with Crippen LogP contribution < -0.4 is 0 Å². The molecule has 0 aromatic heterocycles. The molecule has 0 radical (unpaired) electrons. The largest absolute Gasteiger partial charge is 0.480 e. The Morgan fingerprint density at radius 3 is 1.23 bits per heavy atom. The summed E-state index contributed by atoms with van der Waals surface area (Å²) in [6.07, 6.45) is 5.03. The zero-order chi connectivity index (χ0) is 30.4. The van der Waals surface area contributed by atoms with E-state index in [9.17, 15) is 29.4 Å². The molecule has 0 atom stereocenters. The second-order valence-corrected chi connectivity index (χ2v) is 14.3. The molecule has 8 heteroatoms. The predicted octanol–water partition coefficient (Wildman–Crippen LogP) is 5.52. The average Bonchev–Trinajstić information content (AvgIpc) is 2.75. The molecule has 0 aromatic carbocycles. The Balaban J connectivity index is 2.70. The van der Waals surface area contributed by atoms with E-state index in [2.05, 4.69) is 13.2 Å². The summed E-state index contributed by atoms with van der Waals surface area (Å²) in [5, 5.41) is 20.5. The van der Waals surface area contributed by atoms with E-state index in [4.69, 9.17) is 0 Å². The molecule has 0 unspecified atom stereocenters. The number of piperidine rings is 2. The standard InChI is InChI=1S/C31H50N2O6/c1-12-23(34)32-27(4,5)15-20(16-28(32,6)7)22(19-31(14-3,25(36)37)26(38)39)21-17-29(8,9)33(24(35)13-2)30(10,11)18-21/h12-13,20-22H,1-2,14-19H2,3-11H3,(H,36,37)(H,38,39). The lowest BCUT2D eigenvalue weighted by molar-refractivity contribution is -0.169. The Labute approximate surface area is 234 Å². The monoisotopic (exact) mass is 546 g/mol. The van der Waals surface area contributed by atoms with Gasteiger partial charge in [0.15, 0.2) is 5.41 Å². The average molecular weight is 547 g/mol. The summed E-state index contributed by atoms with van der Waals surface area (Å²) in [7, 11) is 0. The molecule has 2 rings (SSSR count). The number of rotatable bonds is 9. The minimum Gasteiger partial charge on any atom is -0.480 e. The molecule has 220 valence electrons. The highest BCUT2D eigenvalue weighted by Crippen LogP contribution is 2.54. The van der Waals surface area contributed by atoms with Gasteiger partial charge in [0, 0.05) is 22.2 Å². The number of hydrogen-bond donors (Lipinski definition) is 2. The summed E-state index contributed by atoms with van der Waals surface area (Å²) in [5.41, 5.74) is -4.14. The SMILES string of the molecule is C=CC(=O)N1C(C)(C)CC(C(CC(CC)(C(=O)O)C(=O)O)C2CC(C)(C)N(C(=O)C=C)C(C)(C)C2)CC1(C)C. The summed E-state index contributed by atoms with van der Waals surface area (Å²) in [6.45, 7) is 25.1. The zero-order valence-corrected chi connectivity index (χ0v) is 25.5. The number of nitrogens with zero attached hydrogens (tertiary/aromatic N) is 2. The van der Waals surface area contributed by atoms with Crippen LogP contribution in [-0.4, -0.2) is 65.9 Å². The first-order valence-electron chi connectivity index (χ1n) is 14.0. The smallest absolute Gasteiger partial charge is 0.321 e. The van der Waals surface area contributed by atoms with Gasteiger partial charge in [0.05, 0.1) is 0 Å². The Morgan fingerprint density at radius 1 is 0.744 bits per heavy atom. The van der Waals surface area contributed by atoms with Crippen LogP contribution in [0.3, 0.4) is 0 Å². The summed E-state index contributed by atoms with van der Waals surface area (Å²) < 4.78 is 0. The highest BCUT2D eigenvalue weighted by Gasteiger charge is 2.57. The molecule has 8 nitrogen and oxygen atoms in total. The highest BCUT2D eigenvalue weighted by molar-refractivity contribution is 5.98. The second kappa shape index (κ2) is 10.7. The molecule has 2 fully saturated rings. The molecule has 0 spiro atoms. The maximum atomic E-state index is 12.9. The summed E-state index contributed by atoms with van der Waals surface area (Å²) >= 11 is 0. The number of hydrogen-bond acceptors (Lipinski definition) is 4. The van der Waals surface area contributed by atoms with Gasteiger partial charge in [0.1, 0.15) is 0 Å². The van der Waals surface area contributed by atoms with Crippen molar-refractivity contribution in [2.75, 3.05) is 0 Å². The third-order valence-corrected chi connectivity index (χ3v) is 9.48. The van der Waals surface area contributed by atoms with Crippen LogP contribution in [0, 0.1) is 23.2 Å². The first-order valence-corrected chi connectivity index (χ1v) is 14.0. The second-order valence-electron chi connectivity index (χ2n) is 14.3. The van der Waals surface area contributed by atoms with Gasteiger partial charge in [-0.15, -0.1) is 0 Å². The van der Waals surface area contributed by atoms with E-state index in [1.54, 1.807) is 6.92 Å². The van der Waals surface area contributed by atoms with E-state index in [0.29, 0.717) is 25.7 Å². The molecule has 39 heavy (non-hydrogen) atoms. The van der Waals surface area contributed by atoms with E-state index in [1.165, 1.54) is 12.2 Å². The Morgan fingerprint density at radius 2 is 1.03 bits per heavy atom. The lowest BCUT2D eigenvalue weighted by atomic mass is 9.57. The van der Waals surface area contributed by atoms with Crippen molar-refractivity contribution >= 4 is 23.8 Å². The van der Waals surface area contributed by atoms with Crippen molar-refractivity contribution in [3.05, 3.63) is 25.3 Å². The quantitative estimate of drug-likeness (QED) is 0.291. The fraction of sp³-hybridized carbons (Fsp3) is 0.742. The molecule has 2 heterocycles. The minimum absolute atomic E-state index is 0.00731. The van der Waals surface area contributed by atoms with E-state index < -0.39 is 39.5 Å². The maximum absolute atomic E-state index is 12.9. The van der Waals surface area contributed by atoms with Gasteiger partial charge in [0.2, 0.25) is 11.8 Å². The fourth-order valence-electron chi connectivity index (χ4n) is 8.53. The first-order chi connectivity index (χ1) is 17.6. The van der Waals surface area contributed by atoms with Gasteiger partial charge < -0.3 is 20.0 Å². The fourth-order valence-corrected chi connectivity index (χ4v) is 8.53. The molecule has 2 saturated heterocycles. The van der Waals surface area contributed by atoms with Crippen molar-refractivity contribution in [1.29, 1.82) is 0 Å². The molecule has 0 aromatic rings. The van der Waals surface area contributed by atoms with Crippen LogP contribution in [0.15, 0.2) is 25.3 Å². The Kier molecular flexibility index (Phi) is 8.97. The van der Waals surface area contributed by atoms with Gasteiger partial charge in [-0.2, -0.15) is 0 Å². The van der Waals surface area contributed by atoms with Crippen LogP contribution in [0.25, 0.3) is 0 Å². The summed E-state index contributed by atoms with van der Waals surface area (Å²) in [5.74, 6) is -3.28. The van der Waals surface area contributed by atoms with E-state index >= 15 is 0 Å². The van der Waals surface area contributed by atoms with Gasteiger partial charge in [-0.05, 0) is 124 Å². The van der Waals surface area contributed by atoms with E-state index in [0.717, 1.165) is 0 Å². The van der Waals surface area contributed by atoms with Crippen molar-refractivity contribution in [1.82, 2.24) is 9.80 Å². The predicted molar refractivity (Wildman–Crippen MR) is 152 cm³/mol. The normalized spacial score (nSPS) is 22.8. The third-order valence-electron chi connectivity index (χ3n) is 9.48. The van der Waals surface area contributed by atoms with Gasteiger partial charge in [0.25, 0.3) is 0 Å². The molecule has 2 N–H and O–H groups in total. The van der Waals surface area contributed by atoms with Crippen molar-refractivity contribution < 1.29 is 29.4 Å². The van der Waals surface area contributed by atoms with Crippen LogP contribution in [-0.2, 0) is 19.2 Å². The van der Waals surface area contributed by atoms with Crippen molar-refractivity contribution in [2.24, 2.45) is 23.2 Å². The van der Waals surface area contributed by atoms with Gasteiger partial charge >= 0.3 is 11.9 Å². The molecule has 0 aliphatic carbocycles. The lowest BCUT2D eigenvalue weighted by Gasteiger charge is -2.60. The molecule has 2 aliphatic heterocycles. The molecule has 2 amide bonds. The third kappa shape index (κ3) is 5.94. The Hall–Kier alpha value is -2.64.